The van der Waals surface area contributed by atoms with E-state index >= 15 is 0 Å². The molecule has 3 aromatic carbocycles. The summed E-state index contributed by atoms with van der Waals surface area (Å²) in [6, 6.07) is 17.3. The number of aryl methyl sites for hydroxylation is 1. The zero-order valence-electron chi connectivity index (χ0n) is 15.4. The molecule has 0 unspecified atom stereocenters. The quantitative estimate of drug-likeness (QED) is 0.702. The Bertz CT molecular complexity index is 1070. The van der Waals surface area contributed by atoms with E-state index < -0.39 is 0 Å². The number of carbonyl (C=O) groups is 2. The predicted octanol–water partition coefficient (Wildman–Crippen LogP) is 4.61. The van der Waals surface area contributed by atoms with Gasteiger partial charge in [0.15, 0.2) is 5.75 Å². The van der Waals surface area contributed by atoms with E-state index in [1.54, 1.807) is 55.6 Å². The van der Waals surface area contributed by atoms with Crippen molar-refractivity contribution < 1.29 is 19.1 Å². The molecule has 0 aromatic heterocycles. The van der Waals surface area contributed by atoms with Crippen molar-refractivity contribution in [1.82, 2.24) is 0 Å². The van der Waals surface area contributed by atoms with Crippen LogP contribution in [0.15, 0.2) is 60.7 Å². The maximum atomic E-state index is 12.7. The molecule has 6 heteroatoms. The van der Waals surface area contributed by atoms with Gasteiger partial charge in [-0.25, -0.2) is 0 Å². The first-order valence-corrected chi connectivity index (χ1v) is 8.73. The van der Waals surface area contributed by atoms with E-state index in [1.807, 2.05) is 19.1 Å². The minimum Gasteiger partial charge on any atom is -0.497 e. The van der Waals surface area contributed by atoms with Crippen LogP contribution in [0.1, 0.15) is 26.3 Å². The number of nitrogens with one attached hydrogen (secondary N) is 2. The molecule has 0 fully saturated rings. The Kier molecular flexibility index (Phi) is 4.45. The zero-order chi connectivity index (χ0) is 19.7. The van der Waals surface area contributed by atoms with Gasteiger partial charge in [-0.15, -0.1) is 0 Å². The number of benzene rings is 3. The SMILES string of the molecule is COc1ccc(C(=O)Nc2ccc3c(c2)C(=O)Nc2c(C)cccc2O3)cc1. The van der Waals surface area contributed by atoms with Crippen molar-refractivity contribution in [1.29, 1.82) is 0 Å². The number of fused-ring (bicyclic) bond motifs is 2. The van der Waals surface area contributed by atoms with Crippen molar-refractivity contribution in [2.75, 3.05) is 17.7 Å². The fraction of sp³-hybridized carbons (Fsp3) is 0.0909. The molecule has 0 radical (unpaired) electrons. The molecule has 28 heavy (non-hydrogen) atoms. The number of amides is 2. The van der Waals surface area contributed by atoms with Crippen LogP contribution in [-0.2, 0) is 0 Å². The summed E-state index contributed by atoms with van der Waals surface area (Å²) in [5, 5.41) is 5.69. The van der Waals surface area contributed by atoms with Crippen LogP contribution in [0, 0.1) is 6.92 Å². The van der Waals surface area contributed by atoms with Crippen LogP contribution < -0.4 is 20.1 Å². The topological polar surface area (TPSA) is 76.7 Å². The first kappa shape index (κ1) is 17.6. The second-order valence-corrected chi connectivity index (χ2v) is 6.40. The van der Waals surface area contributed by atoms with Crippen LogP contribution in [0.2, 0.25) is 0 Å². The highest BCUT2D eigenvalue weighted by atomic mass is 16.5. The van der Waals surface area contributed by atoms with Crippen molar-refractivity contribution in [3.8, 4) is 17.2 Å². The van der Waals surface area contributed by atoms with E-state index in [-0.39, 0.29) is 11.8 Å². The highest BCUT2D eigenvalue weighted by Crippen LogP contribution is 2.38. The molecule has 1 aliphatic heterocycles. The first-order valence-electron chi connectivity index (χ1n) is 8.73. The van der Waals surface area contributed by atoms with E-state index in [0.29, 0.717) is 39.8 Å². The number of hydrogen-bond acceptors (Lipinski definition) is 4. The third kappa shape index (κ3) is 3.27. The Morgan fingerprint density at radius 3 is 2.57 bits per heavy atom. The maximum absolute atomic E-state index is 12.7. The summed E-state index contributed by atoms with van der Waals surface area (Å²) in [7, 11) is 1.57. The maximum Gasteiger partial charge on any atom is 0.259 e. The fourth-order valence-electron chi connectivity index (χ4n) is 3.01. The number of rotatable bonds is 3. The van der Waals surface area contributed by atoms with Crippen LogP contribution in [0.4, 0.5) is 11.4 Å². The summed E-state index contributed by atoms with van der Waals surface area (Å²) in [6.07, 6.45) is 0. The van der Waals surface area contributed by atoms with Crippen LogP contribution in [0.25, 0.3) is 0 Å². The highest BCUT2D eigenvalue weighted by molar-refractivity contribution is 6.10. The smallest absolute Gasteiger partial charge is 0.259 e. The number of carbonyl (C=O) groups excluding carboxylic acids is 2. The van der Waals surface area contributed by atoms with Crippen LogP contribution >= 0.6 is 0 Å². The molecule has 1 aliphatic rings. The number of hydrogen-bond donors (Lipinski definition) is 2. The number of para-hydroxylation sites is 1. The lowest BCUT2D eigenvalue weighted by Crippen LogP contribution is -2.14. The van der Waals surface area contributed by atoms with Gasteiger partial charge in [-0.2, -0.15) is 0 Å². The summed E-state index contributed by atoms with van der Waals surface area (Å²) >= 11 is 0. The summed E-state index contributed by atoms with van der Waals surface area (Å²) in [5.41, 5.74) is 2.89. The van der Waals surface area contributed by atoms with Gasteiger partial charge < -0.3 is 20.1 Å². The Labute approximate surface area is 162 Å². The monoisotopic (exact) mass is 374 g/mol. The minimum atomic E-state index is -0.288. The number of methoxy groups -OCH3 is 1. The van der Waals surface area contributed by atoms with Gasteiger partial charge in [0.25, 0.3) is 11.8 Å². The molecule has 2 amide bonds. The van der Waals surface area contributed by atoms with Gasteiger partial charge in [-0.05, 0) is 61.0 Å². The normalized spacial score (nSPS) is 12.0. The molecule has 0 saturated carbocycles. The molecule has 0 saturated heterocycles. The molecule has 3 aromatic rings. The van der Waals surface area contributed by atoms with E-state index in [4.69, 9.17) is 9.47 Å². The van der Waals surface area contributed by atoms with Gasteiger partial charge >= 0.3 is 0 Å². The molecule has 6 nitrogen and oxygen atoms in total. The van der Waals surface area contributed by atoms with Crippen LogP contribution in [-0.4, -0.2) is 18.9 Å². The Hall–Kier alpha value is -3.80. The molecule has 0 spiro atoms. The summed E-state index contributed by atoms with van der Waals surface area (Å²) in [4.78, 5) is 25.2. The largest absolute Gasteiger partial charge is 0.497 e. The number of ether oxygens (including phenoxy) is 2. The fourth-order valence-corrected chi connectivity index (χ4v) is 3.01. The van der Waals surface area contributed by atoms with Gasteiger partial charge in [0, 0.05) is 11.3 Å². The van der Waals surface area contributed by atoms with Crippen molar-refractivity contribution in [3.05, 3.63) is 77.4 Å². The van der Waals surface area contributed by atoms with E-state index in [1.165, 1.54) is 0 Å². The Morgan fingerprint density at radius 2 is 1.82 bits per heavy atom. The summed E-state index contributed by atoms with van der Waals surface area (Å²) < 4.78 is 11.0. The summed E-state index contributed by atoms with van der Waals surface area (Å²) in [6.45, 7) is 1.90. The average Bonchev–Trinajstić information content (AvgIpc) is 2.85. The second kappa shape index (κ2) is 7.08. The first-order chi connectivity index (χ1) is 13.5. The number of anilines is 2. The summed E-state index contributed by atoms with van der Waals surface area (Å²) in [5.74, 6) is 1.12. The third-order valence-electron chi connectivity index (χ3n) is 4.53. The molecule has 2 N–H and O–H groups in total. The van der Waals surface area contributed by atoms with E-state index in [2.05, 4.69) is 10.6 Å². The van der Waals surface area contributed by atoms with E-state index in [0.717, 1.165) is 5.56 Å². The predicted molar refractivity (Wildman–Crippen MR) is 107 cm³/mol. The van der Waals surface area contributed by atoms with Crippen LogP contribution in [0.5, 0.6) is 17.2 Å². The van der Waals surface area contributed by atoms with Crippen molar-refractivity contribution >= 4 is 23.2 Å². The van der Waals surface area contributed by atoms with Crippen molar-refractivity contribution in [2.24, 2.45) is 0 Å². The lowest BCUT2D eigenvalue weighted by molar-refractivity contribution is 0.101. The minimum absolute atomic E-state index is 0.281. The standard InChI is InChI=1S/C22H18N2O4/c1-13-4-3-5-19-20(13)24-22(26)17-12-15(8-11-18(17)28-19)23-21(25)14-6-9-16(27-2)10-7-14/h3-12H,1-2H3,(H,23,25)(H,24,26). The zero-order valence-corrected chi connectivity index (χ0v) is 15.4. The van der Waals surface area contributed by atoms with Crippen LogP contribution in [0.3, 0.4) is 0 Å². The second-order valence-electron chi connectivity index (χ2n) is 6.40. The van der Waals surface area contributed by atoms with Gasteiger partial charge in [-0.3, -0.25) is 9.59 Å². The molecular weight excluding hydrogens is 356 g/mol. The third-order valence-corrected chi connectivity index (χ3v) is 4.53. The highest BCUT2D eigenvalue weighted by Gasteiger charge is 2.22. The van der Waals surface area contributed by atoms with Gasteiger partial charge in [0.2, 0.25) is 0 Å². The Balaban J connectivity index is 1.60. The van der Waals surface area contributed by atoms with E-state index in [9.17, 15) is 9.59 Å². The van der Waals surface area contributed by atoms with Crippen molar-refractivity contribution in [3.63, 3.8) is 0 Å². The van der Waals surface area contributed by atoms with Crippen molar-refractivity contribution in [2.45, 2.75) is 6.92 Å². The molecule has 1 heterocycles. The molecule has 0 aliphatic carbocycles. The average molecular weight is 374 g/mol. The molecule has 140 valence electrons. The molecule has 0 atom stereocenters. The molecular formula is C22H18N2O4. The van der Waals surface area contributed by atoms with Gasteiger partial charge in [0.1, 0.15) is 11.5 Å². The van der Waals surface area contributed by atoms with Gasteiger partial charge in [-0.1, -0.05) is 12.1 Å². The molecule has 0 bridgehead atoms. The molecule has 4 rings (SSSR count). The lowest BCUT2D eigenvalue weighted by atomic mass is 10.1. The lowest BCUT2D eigenvalue weighted by Gasteiger charge is -2.10. The van der Waals surface area contributed by atoms with Gasteiger partial charge in [0.05, 0.1) is 18.4 Å². The Morgan fingerprint density at radius 1 is 1.04 bits per heavy atom.